The molecule has 2 atom stereocenters. The third-order valence-corrected chi connectivity index (χ3v) is 2.01. The molecule has 1 aliphatic heterocycles. The molecule has 1 aliphatic rings. The molecule has 1 saturated heterocycles. The van der Waals surface area contributed by atoms with Crippen molar-refractivity contribution in [2.45, 2.75) is 18.6 Å². The summed E-state index contributed by atoms with van der Waals surface area (Å²) in [5, 5.41) is 18.3. The van der Waals surface area contributed by atoms with Crippen molar-refractivity contribution in [2.24, 2.45) is 5.73 Å². The molecule has 2 unspecified atom stereocenters. The summed E-state index contributed by atoms with van der Waals surface area (Å²) in [6.45, 7) is 2.72. The van der Waals surface area contributed by atoms with Crippen molar-refractivity contribution in [1.29, 1.82) is 0 Å². The highest BCUT2D eigenvalue weighted by Gasteiger charge is 2.28. The summed E-state index contributed by atoms with van der Waals surface area (Å²) >= 11 is 0. The number of nitrogens with two attached hydrogens (primary N) is 1. The molecule has 0 aliphatic carbocycles. The van der Waals surface area contributed by atoms with Crippen LogP contribution < -0.4 is 5.73 Å². The first-order valence-electron chi connectivity index (χ1n) is 4.02. The van der Waals surface area contributed by atoms with E-state index >= 15 is 0 Å². The summed E-state index contributed by atoms with van der Waals surface area (Å²) in [5.74, 6) is 0. The molecule has 4 nitrogen and oxygen atoms in total. The second-order valence-corrected chi connectivity index (χ2v) is 3.04. The lowest BCUT2D eigenvalue weighted by Crippen LogP contribution is -2.24. The normalized spacial score (nSPS) is 33.0. The number of rotatable bonds is 3. The molecule has 1 rings (SSSR count). The summed E-state index contributed by atoms with van der Waals surface area (Å²) in [6, 6.07) is 0. The molecule has 0 saturated carbocycles. The van der Waals surface area contributed by atoms with Crippen LogP contribution in [0, 0.1) is 0 Å². The smallest absolute Gasteiger partial charge is 0.0938 e. The molecule has 0 amide bonds. The number of hydrogen-bond donors (Lipinski definition) is 3. The molecule has 0 aromatic carbocycles. The van der Waals surface area contributed by atoms with Crippen LogP contribution in [0.4, 0.5) is 0 Å². The molecule has 66 valence electrons. The maximum atomic E-state index is 9.14. The van der Waals surface area contributed by atoms with Gasteiger partial charge in [-0.05, 0) is 19.5 Å². The van der Waals surface area contributed by atoms with E-state index in [2.05, 4.69) is 0 Å². The second-order valence-electron chi connectivity index (χ2n) is 3.04. The minimum atomic E-state index is -0.562. The van der Waals surface area contributed by atoms with E-state index < -0.39 is 12.2 Å². The Labute approximate surface area is 66.6 Å². The molecule has 4 N–H and O–H groups in total. The Morgan fingerprint density at radius 2 is 1.82 bits per heavy atom. The molecule has 0 bridgehead atoms. The Hall–Kier alpha value is -0.160. The van der Waals surface area contributed by atoms with E-state index in [4.69, 9.17) is 15.9 Å². The van der Waals surface area contributed by atoms with Gasteiger partial charge < -0.3 is 15.9 Å². The molecule has 1 fully saturated rings. The van der Waals surface area contributed by atoms with Gasteiger partial charge in [-0.2, -0.15) is 0 Å². The van der Waals surface area contributed by atoms with E-state index in [1.165, 1.54) is 0 Å². The average Bonchev–Trinajstić information content (AvgIpc) is 2.28. The summed E-state index contributed by atoms with van der Waals surface area (Å²) in [7, 11) is 0. The number of likely N-dealkylation sites (tertiary alicyclic amines) is 1. The monoisotopic (exact) mass is 160 g/mol. The Kier molecular flexibility index (Phi) is 3.26. The van der Waals surface area contributed by atoms with Crippen molar-refractivity contribution in [3.05, 3.63) is 0 Å². The highest BCUT2D eigenvalue weighted by Crippen LogP contribution is 2.09. The van der Waals surface area contributed by atoms with Crippen LogP contribution in [-0.2, 0) is 0 Å². The van der Waals surface area contributed by atoms with Crippen LogP contribution in [0.5, 0.6) is 0 Å². The topological polar surface area (TPSA) is 69.7 Å². The number of aliphatic hydroxyl groups excluding tert-OH is 2. The van der Waals surface area contributed by atoms with Gasteiger partial charge in [0.25, 0.3) is 0 Å². The lowest BCUT2D eigenvalue weighted by atomic mass is 10.3. The van der Waals surface area contributed by atoms with Crippen molar-refractivity contribution < 1.29 is 10.2 Å². The Morgan fingerprint density at radius 3 is 2.27 bits per heavy atom. The third kappa shape index (κ3) is 2.41. The molecular formula is C7H16N2O2. The molecule has 11 heavy (non-hydrogen) atoms. The van der Waals surface area contributed by atoms with Gasteiger partial charge in [0.15, 0.2) is 0 Å². The van der Waals surface area contributed by atoms with E-state index in [1.54, 1.807) is 0 Å². The summed E-state index contributed by atoms with van der Waals surface area (Å²) in [5.41, 5.74) is 5.32. The van der Waals surface area contributed by atoms with E-state index in [9.17, 15) is 0 Å². The lowest BCUT2D eigenvalue weighted by molar-refractivity contribution is 0.0572. The fraction of sp³-hybridized carbons (Fsp3) is 1.00. The fourth-order valence-electron chi connectivity index (χ4n) is 1.34. The van der Waals surface area contributed by atoms with Crippen molar-refractivity contribution >= 4 is 0 Å². The minimum Gasteiger partial charge on any atom is -0.389 e. The Morgan fingerprint density at radius 1 is 1.27 bits per heavy atom. The van der Waals surface area contributed by atoms with Crippen molar-refractivity contribution in [3.63, 3.8) is 0 Å². The van der Waals surface area contributed by atoms with E-state index in [0.717, 1.165) is 13.0 Å². The summed E-state index contributed by atoms with van der Waals surface area (Å²) in [6.07, 6.45) is -0.194. The van der Waals surface area contributed by atoms with Gasteiger partial charge in [-0.25, -0.2) is 0 Å². The van der Waals surface area contributed by atoms with Crippen LogP contribution in [0.25, 0.3) is 0 Å². The van der Waals surface area contributed by atoms with Crippen LogP contribution in [0.1, 0.15) is 6.42 Å². The van der Waals surface area contributed by atoms with Gasteiger partial charge in [-0.3, -0.25) is 4.90 Å². The van der Waals surface area contributed by atoms with Gasteiger partial charge >= 0.3 is 0 Å². The molecule has 0 aromatic heterocycles. The predicted molar refractivity (Wildman–Crippen MR) is 42.1 cm³/mol. The van der Waals surface area contributed by atoms with Crippen molar-refractivity contribution in [2.75, 3.05) is 26.2 Å². The predicted octanol–water partition coefficient (Wildman–Crippen LogP) is -1.63. The van der Waals surface area contributed by atoms with Crippen LogP contribution in [-0.4, -0.2) is 53.5 Å². The third-order valence-electron chi connectivity index (χ3n) is 2.01. The van der Waals surface area contributed by atoms with Crippen LogP contribution >= 0.6 is 0 Å². The highest BCUT2D eigenvalue weighted by atomic mass is 16.3. The first-order valence-corrected chi connectivity index (χ1v) is 4.02. The molecule has 0 radical (unpaired) electrons. The van der Waals surface area contributed by atoms with Crippen LogP contribution in [0.2, 0.25) is 0 Å². The maximum Gasteiger partial charge on any atom is 0.0938 e. The first kappa shape index (κ1) is 8.93. The first-order chi connectivity index (χ1) is 5.24. The number of hydrogen-bond acceptors (Lipinski definition) is 4. The van der Waals surface area contributed by atoms with Gasteiger partial charge in [0.2, 0.25) is 0 Å². The second kappa shape index (κ2) is 4.01. The zero-order chi connectivity index (χ0) is 8.27. The largest absolute Gasteiger partial charge is 0.389 e. The van der Waals surface area contributed by atoms with E-state index in [0.29, 0.717) is 19.6 Å². The highest BCUT2D eigenvalue weighted by molar-refractivity contribution is 4.82. The molecule has 0 aromatic rings. The average molecular weight is 160 g/mol. The maximum absolute atomic E-state index is 9.14. The van der Waals surface area contributed by atoms with Gasteiger partial charge in [-0.1, -0.05) is 0 Å². The SMILES string of the molecule is NCCCN1CC(O)C(O)C1. The zero-order valence-corrected chi connectivity index (χ0v) is 6.61. The van der Waals surface area contributed by atoms with Gasteiger partial charge in [0.1, 0.15) is 0 Å². The zero-order valence-electron chi connectivity index (χ0n) is 6.61. The summed E-state index contributed by atoms with van der Waals surface area (Å²) < 4.78 is 0. The fourth-order valence-corrected chi connectivity index (χ4v) is 1.34. The minimum absolute atomic E-state index is 0.562. The number of β-amino-alcohol motifs (C(OH)–C–C–N with tert-alkyl or cyclic N) is 2. The van der Waals surface area contributed by atoms with Gasteiger partial charge in [-0.15, -0.1) is 0 Å². The van der Waals surface area contributed by atoms with E-state index in [1.807, 2.05) is 4.90 Å². The Bertz CT molecular complexity index is 111. The summed E-state index contributed by atoms with van der Waals surface area (Å²) in [4.78, 5) is 2.03. The molecule has 4 heteroatoms. The van der Waals surface area contributed by atoms with Gasteiger partial charge in [0.05, 0.1) is 12.2 Å². The number of aliphatic hydroxyl groups is 2. The van der Waals surface area contributed by atoms with E-state index in [-0.39, 0.29) is 0 Å². The van der Waals surface area contributed by atoms with Crippen molar-refractivity contribution in [3.8, 4) is 0 Å². The quantitative estimate of drug-likeness (QED) is 0.464. The standard InChI is InChI=1S/C7H16N2O2/c8-2-1-3-9-4-6(10)7(11)5-9/h6-7,10-11H,1-5,8H2. The molecule has 1 heterocycles. The molecular weight excluding hydrogens is 144 g/mol. The van der Waals surface area contributed by atoms with Gasteiger partial charge in [0, 0.05) is 13.1 Å². The Balaban J connectivity index is 2.18. The van der Waals surface area contributed by atoms with Crippen LogP contribution in [0.15, 0.2) is 0 Å². The molecule has 0 spiro atoms. The van der Waals surface area contributed by atoms with Crippen LogP contribution in [0.3, 0.4) is 0 Å². The number of nitrogens with zero attached hydrogens (tertiary/aromatic N) is 1. The van der Waals surface area contributed by atoms with Crippen molar-refractivity contribution in [1.82, 2.24) is 4.90 Å². The lowest BCUT2D eigenvalue weighted by Gasteiger charge is -2.12.